The molecule has 0 unspecified atom stereocenters. The number of fused-ring (bicyclic) bond motifs is 1. The molecule has 2 aromatic carbocycles. The summed E-state index contributed by atoms with van der Waals surface area (Å²) in [5.41, 5.74) is 1.03. The number of hydrogen-bond acceptors (Lipinski definition) is 2. The molecule has 1 amide bonds. The van der Waals surface area contributed by atoms with Crippen molar-refractivity contribution in [2.75, 3.05) is 5.32 Å². The summed E-state index contributed by atoms with van der Waals surface area (Å²) in [4.78, 5) is 24.2. The van der Waals surface area contributed by atoms with Crippen LogP contribution in [0.15, 0.2) is 47.3 Å². The van der Waals surface area contributed by atoms with Crippen molar-refractivity contribution in [2.24, 2.45) is 7.05 Å². The van der Waals surface area contributed by atoms with Gasteiger partial charge in [-0.05, 0) is 24.3 Å². The minimum atomic E-state index is -0.716. The number of amides is 1. The number of rotatable bonds is 4. The van der Waals surface area contributed by atoms with Crippen LogP contribution < -0.4 is 11.0 Å². The third-order valence-corrected chi connectivity index (χ3v) is 3.82. The van der Waals surface area contributed by atoms with Crippen molar-refractivity contribution in [3.05, 3.63) is 64.6 Å². The van der Waals surface area contributed by atoms with E-state index in [2.05, 4.69) is 5.32 Å². The molecule has 0 bridgehead atoms. The second-order valence-electron chi connectivity index (χ2n) is 5.40. The van der Waals surface area contributed by atoms with Crippen molar-refractivity contribution < 1.29 is 13.6 Å². The molecule has 0 fully saturated rings. The number of hydrogen-bond donors (Lipinski definition) is 1. The van der Waals surface area contributed by atoms with E-state index in [0.29, 0.717) is 0 Å². The Morgan fingerprint density at radius 2 is 1.83 bits per heavy atom. The van der Waals surface area contributed by atoms with Gasteiger partial charge in [-0.2, -0.15) is 0 Å². The molecule has 1 aromatic heterocycles. The molecule has 0 aliphatic rings. The second-order valence-corrected chi connectivity index (χ2v) is 5.40. The first-order valence-corrected chi connectivity index (χ1v) is 7.36. The summed E-state index contributed by atoms with van der Waals surface area (Å²) in [5.74, 6) is -1.86. The van der Waals surface area contributed by atoms with E-state index in [1.807, 2.05) is 12.1 Å². The third kappa shape index (κ3) is 2.92. The van der Waals surface area contributed by atoms with Gasteiger partial charge in [0.2, 0.25) is 5.91 Å². The highest BCUT2D eigenvalue weighted by Crippen LogP contribution is 2.16. The van der Waals surface area contributed by atoms with Gasteiger partial charge in [0, 0.05) is 26.1 Å². The molecule has 0 radical (unpaired) electrons. The topological polar surface area (TPSA) is 56.0 Å². The van der Waals surface area contributed by atoms with Crippen LogP contribution in [0, 0.1) is 11.6 Å². The predicted molar refractivity (Wildman–Crippen MR) is 86.8 cm³/mol. The van der Waals surface area contributed by atoms with Crippen LogP contribution in [0.5, 0.6) is 0 Å². The SMILES string of the molecule is Cn1c(=O)n(CCC(=O)Nc2cc(F)ccc2F)c2ccccc21. The number of benzene rings is 2. The molecule has 0 spiro atoms. The first-order valence-electron chi connectivity index (χ1n) is 7.36. The lowest BCUT2D eigenvalue weighted by Gasteiger charge is -2.07. The smallest absolute Gasteiger partial charge is 0.323 e. The van der Waals surface area contributed by atoms with Crippen molar-refractivity contribution in [3.63, 3.8) is 0 Å². The van der Waals surface area contributed by atoms with Crippen LogP contribution in [-0.2, 0) is 18.4 Å². The molecule has 3 rings (SSSR count). The van der Waals surface area contributed by atoms with Crippen LogP contribution in [-0.4, -0.2) is 15.0 Å². The molecular formula is C17H15F2N3O2. The van der Waals surface area contributed by atoms with Crippen LogP contribution in [0.4, 0.5) is 14.5 Å². The van der Waals surface area contributed by atoms with Gasteiger partial charge in [-0.15, -0.1) is 0 Å². The van der Waals surface area contributed by atoms with Gasteiger partial charge in [-0.3, -0.25) is 13.9 Å². The molecule has 1 heterocycles. The average molecular weight is 331 g/mol. The minimum absolute atomic E-state index is 0.0378. The van der Waals surface area contributed by atoms with Crippen LogP contribution in [0.2, 0.25) is 0 Å². The Morgan fingerprint density at radius 1 is 1.12 bits per heavy atom. The molecule has 0 atom stereocenters. The standard InChI is InChI=1S/C17H15F2N3O2/c1-21-14-4-2-3-5-15(14)22(17(21)24)9-8-16(23)20-13-10-11(18)6-7-12(13)19/h2-7,10H,8-9H2,1H3,(H,20,23). The maximum atomic E-state index is 13.5. The van der Waals surface area contributed by atoms with E-state index in [1.54, 1.807) is 19.2 Å². The summed E-state index contributed by atoms with van der Waals surface area (Å²) in [5, 5.41) is 2.32. The third-order valence-electron chi connectivity index (χ3n) is 3.82. The molecule has 124 valence electrons. The highest BCUT2D eigenvalue weighted by molar-refractivity contribution is 5.90. The van der Waals surface area contributed by atoms with Crippen LogP contribution in [0.25, 0.3) is 11.0 Å². The number of aryl methyl sites for hydroxylation is 2. The number of carbonyl (C=O) groups is 1. The lowest BCUT2D eigenvalue weighted by Crippen LogP contribution is -2.24. The van der Waals surface area contributed by atoms with Crippen molar-refractivity contribution >= 4 is 22.6 Å². The fraction of sp³-hybridized carbons (Fsp3) is 0.176. The van der Waals surface area contributed by atoms with E-state index in [9.17, 15) is 18.4 Å². The molecule has 0 aliphatic carbocycles. The summed E-state index contributed by atoms with van der Waals surface area (Å²) in [6, 6.07) is 10.1. The van der Waals surface area contributed by atoms with Gasteiger partial charge < -0.3 is 5.32 Å². The Bertz CT molecular complexity index is 976. The zero-order valence-corrected chi connectivity index (χ0v) is 12.9. The van der Waals surface area contributed by atoms with Crippen LogP contribution >= 0.6 is 0 Å². The summed E-state index contributed by atoms with van der Waals surface area (Å²) < 4.78 is 29.6. The monoisotopic (exact) mass is 331 g/mol. The Labute approximate surface area is 136 Å². The molecular weight excluding hydrogens is 316 g/mol. The lowest BCUT2D eigenvalue weighted by molar-refractivity contribution is -0.116. The lowest BCUT2D eigenvalue weighted by atomic mass is 10.2. The Balaban J connectivity index is 1.77. The Kier molecular flexibility index (Phi) is 4.16. The van der Waals surface area contributed by atoms with E-state index < -0.39 is 17.5 Å². The Morgan fingerprint density at radius 3 is 2.58 bits per heavy atom. The molecule has 0 aliphatic heterocycles. The number of para-hydroxylation sites is 2. The normalized spacial score (nSPS) is 11.0. The van der Waals surface area contributed by atoms with Crippen molar-refractivity contribution in [1.29, 1.82) is 0 Å². The summed E-state index contributed by atoms with van der Waals surface area (Å²) in [6.45, 7) is 0.142. The van der Waals surface area contributed by atoms with Crippen molar-refractivity contribution in [1.82, 2.24) is 9.13 Å². The summed E-state index contributed by atoms with van der Waals surface area (Å²) >= 11 is 0. The average Bonchev–Trinajstić information content (AvgIpc) is 2.81. The van der Waals surface area contributed by atoms with E-state index in [-0.39, 0.29) is 24.3 Å². The maximum absolute atomic E-state index is 13.5. The predicted octanol–water partition coefficient (Wildman–Crippen LogP) is 2.65. The van der Waals surface area contributed by atoms with Gasteiger partial charge >= 0.3 is 5.69 Å². The highest BCUT2D eigenvalue weighted by Gasteiger charge is 2.13. The first-order chi connectivity index (χ1) is 11.5. The van der Waals surface area contributed by atoms with Gasteiger partial charge in [0.15, 0.2) is 0 Å². The molecule has 24 heavy (non-hydrogen) atoms. The Hall–Kier alpha value is -2.96. The number of anilines is 1. The second kappa shape index (κ2) is 6.27. The molecule has 0 saturated carbocycles. The molecule has 0 saturated heterocycles. The van der Waals surface area contributed by atoms with Crippen LogP contribution in [0.3, 0.4) is 0 Å². The van der Waals surface area contributed by atoms with Gasteiger partial charge in [-0.25, -0.2) is 13.6 Å². The van der Waals surface area contributed by atoms with E-state index >= 15 is 0 Å². The quantitative estimate of drug-likeness (QED) is 0.799. The zero-order valence-electron chi connectivity index (χ0n) is 12.9. The van der Waals surface area contributed by atoms with E-state index in [0.717, 1.165) is 29.2 Å². The van der Waals surface area contributed by atoms with Gasteiger partial charge in [0.25, 0.3) is 0 Å². The molecule has 1 N–H and O–H groups in total. The fourth-order valence-corrected chi connectivity index (χ4v) is 2.60. The minimum Gasteiger partial charge on any atom is -0.323 e. The molecule has 7 heteroatoms. The number of halogens is 2. The number of nitrogens with zero attached hydrogens (tertiary/aromatic N) is 2. The number of imidazole rings is 1. The van der Waals surface area contributed by atoms with E-state index in [1.165, 1.54) is 9.13 Å². The highest BCUT2D eigenvalue weighted by atomic mass is 19.1. The summed E-state index contributed by atoms with van der Waals surface area (Å²) in [6.07, 6.45) is -0.0378. The fourth-order valence-electron chi connectivity index (χ4n) is 2.60. The van der Waals surface area contributed by atoms with Gasteiger partial charge in [0.1, 0.15) is 11.6 Å². The van der Waals surface area contributed by atoms with E-state index in [4.69, 9.17) is 0 Å². The number of nitrogens with one attached hydrogen (secondary N) is 1. The van der Waals surface area contributed by atoms with Crippen molar-refractivity contribution in [3.8, 4) is 0 Å². The maximum Gasteiger partial charge on any atom is 0.328 e. The van der Waals surface area contributed by atoms with Crippen molar-refractivity contribution in [2.45, 2.75) is 13.0 Å². The number of carbonyl (C=O) groups excluding carboxylic acids is 1. The zero-order chi connectivity index (χ0) is 17.3. The first kappa shape index (κ1) is 15.9. The van der Waals surface area contributed by atoms with Crippen LogP contribution in [0.1, 0.15) is 6.42 Å². The van der Waals surface area contributed by atoms with Gasteiger partial charge in [-0.1, -0.05) is 12.1 Å². The molecule has 3 aromatic rings. The molecule has 5 nitrogen and oxygen atoms in total. The van der Waals surface area contributed by atoms with Gasteiger partial charge in [0.05, 0.1) is 16.7 Å². The summed E-state index contributed by atoms with van der Waals surface area (Å²) in [7, 11) is 1.66. The number of aromatic nitrogens is 2. The largest absolute Gasteiger partial charge is 0.328 e.